The quantitative estimate of drug-likeness (QED) is 0.209. The zero-order valence-corrected chi connectivity index (χ0v) is 20.9. The van der Waals surface area contributed by atoms with E-state index in [1.165, 1.54) is 93.3 Å². The molecule has 0 fully saturated rings. The zero-order valence-electron chi connectivity index (χ0n) is 19.9. The van der Waals surface area contributed by atoms with E-state index in [1.807, 2.05) is 6.26 Å². The van der Waals surface area contributed by atoms with Crippen molar-refractivity contribution in [2.75, 3.05) is 0 Å². The van der Waals surface area contributed by atoms with Crippen molar-refractivity contribution in [3.05, 3.63) is 17.9 Å². The Balaban J connectivity index is 2.56. The van der Waals surface area contributed by atoms with Gasteiger partial charge in [-0.25, -0.2) is 0 Å². The van der Waals surface area contributed by atoms with Crippen molar-refractivity contribution in [3.8, 4) is 0 Å². The van der Waals surface area contributed by atoms with Crippen LogP contribution < -0.4 is 10.7 Å². The number of hydrogen-bond acceptors (Lipinski definition) is 2. The molecule has 3 nitrogen and oxygen atoms in total. The maximum atomic E-state index is 11.9. The Morgan fingerprint density at radius 2 is 1.41 bits per heavy atom. The minimum absolute atomic E-state index is 0.0611. The second-order valence-electron chi connectivity index (χ2n) is 8.77. The number of hydrogen-bond donors (Lipinski definition) is 1. The van der Waals surface area contributed by atoms with Gasteiger partial charge in [0.2, 0.25) is 5.91 Å². The van der Waals surface area contributed by atoms with E-state index in [1.54, 1.807) is 6.92 Å². The second kappa shape index (κ2) is 14.9. The first-order valence-corrected chi connectivity index (χ1v) is 15.0. The molecule has 0 bridgehead atoms. The third-order valence-electron chi connectivity index (χ3n) is 6.81. The van der Waals surface area contributed by atoms with Gasteiger partial charge in [-0.3, -0.25) is 4.79 Å². The Kier molecular flexibility index (Phi) is 13.3. The first-order chi connectivity index (χ1) is 14.0. The molecule has 0 radical (unpaired) electrons. The summed E-state index contributed by atoms with van der Waals surface area (Å²) in [6.45, 7) is 10.8. The molecule has 1 rings (SSSR count). The molecule has 0 aliphatic carbocycles. The summed E-state index contributed by atoms with van der Waals surface area (Å²) in [5, 5.41) is 4.45. The molecule has 168 valence electrons. The van der Waals surface area contributed by atoms with Crippen LogP contribution in [0.4, 0.5) is 0 Å². The van der Waals surface area contributed by atoms with Gasteiger partial charge in [-0.2, -0.15) is 0 Å². The van der Waals surface area contributed by atoms with Crippen molar-refractivity contribution >= 4 is 19.4 Å². The van der Waals surface area contributed by atoms with Crippen molar-refractivity contribution < 1.29 is 9.21 Å². The fourth-order valence-corrected chi connectivity index (χ4v) is 8.29. The summed E-state index contributed by atoms with van der Waals surface area (Å²) in [6.07, 6.45) is 16.3. The van der Waals surface area contributed by atoms with Crippen LogP contribution in [0.25, 0.3) is 0 Å². The molecule has 29 heavy (non-hydrogen) atoms. The maximum absolute atomic E-state index is 11.9. The SMILES string of the molecule is CCCCCCCCCCCCC(NC(C)=O)c1ccoc1[Si](CC)(CC)CC. The van der Waals surface area contributed by atoms with Crippen LogP contribution >= 0.6 is 0 Å². The smallest absolute Gasteiger partial charge is 0.217 e. The first kappa shape index (κ1) is 26.0. The van der Waals surface area contributed by atoms with Crippen molar-refractivity contribution in [3.63, 3.8) is 0 Å². The summed E-state index contributed by atoms with van der Waals surface area (Å²) in [6, 6.07) is 5.82. The van der Waals surface area contributed by atoms with Gasteiger partial charge in [-0.05, 0) is 12.5 Å². The van der Waals surface area contributed by atoms with Crippen molar-refractivity contribution in [2.45, 2.75) is 129 Å². The van der Waals surface area contributed by atoms with Gasteiger partial charge >= 0.3 is 0 Å². The largest absolute Gasteiger partial charge is 0.474 e. The molecular formula is C25H47NO2Si. The number of nitrogens with one attached hydrogen (secondary N) is 1. The minimum atomic E-state index is -1.60. The average molecular weight is 422 g/mol. The van der Waals surface area contributed by atoms with E-state index >= 15 is 0 Å². The van der Waals surface area contributed by atoms with Crippen molar-refractivity contribution in [2.24, 2.45) is 0 Å². The normalized spacial score (nSPS) is 12.9. The fourth-order valence-electron chi connectivity index (χ4n) is 4.64. The number of rotatable bonds is 17. The number of carbonyl (C=O) groups is 1. The van der Waals surface area contributed by atoms with Crippen molar-refractivity contribution in [1.82, 2.24) is 5.32 Å². The molecule has 0 spiro atoms. The standard InChI is InChI=1S/C25H47NO2Si/c1-6-10-11-12-13-14-15-16-17-18-19-24(26-22(5)27)23-20-21-28-25(23)29(7-2,8-3)9-4/h20-21,24H,6-19H2,1-5H3,(H,26,27). The van der Waals surface area contributed by atoms with Gasteiger partial charge in [0, 0.05) is 12.5 Å². The highest BCUT2D eigenvalue weighted by Gasteiger charge is 2.36. The van der Waals surface area contributed by atoms with E-state index in [9.17, 15) is 4.79 Å². The molecule has 0 aliphatic rings. The molecule has 1 N–H and O–H groups in total. The van der Waals surface area contributed by atoms with Gasteiger partial charge in [-0.1, -0.05) is 110 Å². The van der Waals surface area contributed by atoms with Gasteiger partial charge in [0.05, 0.1) is 17.7 Å². The lowest BCUT2D eigenvalue weighted by atomic mass is 10.0. The Morgan fingerprint density at radius 1 is 0.897 bits per heavy atom. The number of unbranched alkanes of at least 4 members (excludes halogenated alkanes) is 9. The van der Waals surface area contributed by atoms with Gasteiger partial charge in [0.1, 0.15) is 8.07 Å². The lowest BCUT2D eigenvalue weighted by Crippen LogP contribution is -2.48. The van der Waals surface area contributed by atoms with Gasteiger partial charge in [0.15, 0.2) is 0 Å². The molecule has 0 saturated carbocycles. The summed E-state index contributed by atoms with van der Waals surface area (Å²) >= 11 is 0. The molecule has 0 aliphatic heterocycles. The second-order valence-corrected chi connectivity index (χ2v) is 13.9. The monoisotopic (exact) mass is 421 g/mol. The first-order valence-electron chi connectivity index (χ1n) is 12.4. The summed E-state index contributed by atoms with van der Waals surface area (Å²) < 4.78 is 6.08. The molecule has 1 atom stereocenters. The summed E-state index contributed by atoms with van der Waals surface area (Å²) in [4.78, 5) is 11.9. The van der Waals surface area contributed by atoms with E-state index in [-0.39, 0.29) is 11.9 Å². The van der Waals surface area contributed by atoms with Crippen LogP contribution in [-0.4, -0.2) is 14.0 Å². The van der Waals surface area contributed by atoms with Crippen LogP contribution in [0.5, 0.6) is 0 Å². The average Bonchev–Trinajstić information content (AvgIpc) is 3.20. The Morgan fingerprint density at radius 3 is 1.90 bits per heavy atom. The summed E-state index contributed by atoms with van der Waals surface area (Å²) in [7, 11) is -1.60. The molecule has 1 unspecified atom stereocenters. The summed E-state index contributed by atoms with van der Waals surface area (Å²) in [5.41, 5.74) is 1.26. The van der Waals surface area contributed by atoms with Crippen LogP contribution in [0.2, 0.25) is 18.1 Å². The molecule has 1 aromatic rings. The maximum Gasteiger partial charge on any atom is 0.217 e. The van der Waals surface area contributed by atoms with E-state index in [0.29, 0.717) is 0 Å². The highest BCUT2D eigenvalue weighted by Crippen LogP contribution is 2.27. The third kappa shape index (κ3) is 8.70. The molecule has 1 aromatic heterocycles. The Bertz CT molecular complexity index is 543. The number of furan rings is 1. The third-order valence-corrected chi connectivity index (χ3v) is 12.2. The van der Waals surface area contributed by atoms with Crippen LogP contribution in [0.1, 0.15) is 117 Å². The Hall–Kier alpha value is -1.03. The van der Waals surface area contributed by atoms with Crippen molar-refractivity contribution in [1.29, 1.82) is 0 Å². The Labute approximate surface area is 181 Å². The van der Waals surface area contributed by atoms with Crippen LogP contribution in [0, 0.1) is 0 Å². The van der Waals surface area contributed by atoms with Crippen LogP contribution in [0.15, 0.2) is 16.7 Å². The van der Waals surface area contributed by atoms with Gasteiger partial charge < -0.3 is 9.73 Å². The molecule has 4 heteroatoms. The van der Waals surface area contributed by atoms with Gasteiger partial charge in [-0.15, -0.1) is 0 Å². The van der Waals surface area contributed by atoms with E-state index in [2.05, 4.69) is 39.1 Å². The lowest BCUT2D eigenvalue weighted by molar-refractivity contribution is -0.119. The molecule has 1 heterocycles. The lowest BCUT2D eigenvalue weighted by Gasteiger charge is -2.29. The highest BCUT2D eigenvalue weighted by atomic mass is 28.3. The number of amides is 1. The van der Waals surface area contributed by atoms with Crippen LogP contribution in [0.3, 0.4) is 0 Å². The van der Waals surface area contributed by atoms with E-state index in [0.717, 1.165) is 6.42 Å². The minimum Gasteiger partial charge on any atom is -0.474 e. The molecular weight excluding hydrogens is 374 g/mol. The van der Waals surface area contributed by atoms with E-state index < -0.39 is 8.07 Å². The topological polar surface area (TPSA) is 42.2 Å². The predicted molar refractivity (Wildman–Crippen MR) is 129 cm³/mol. The molecule has 1 amide bonds. The molecule has 0 saturated heterocycles. The predicted octanol–water partition coefficient (Wildman–Crippen LogP) is 7.48. The number of carbonyl (C=O) groups excluding carboxylic acids is 1. The van der Waals surface area contributed by atoms with Gasteiger partial charge in [0.25, 0.3) is 0 Å². The van der Waals surface area contributed by atoms with E-state index in [4.69, 9.17) is 4.42 Å². The van der Waals surface area contributed by atoms with Crippen LogP contribution in [-0.2, 0) is 4.79 Å². The summed E-state index contributed by atoms with van der Waals surface area (Å²) in [5.74, 6) is 0.0611. The zero-order chi connectivity index (χ0) is 21.5. The highest BCUT2D eigenvalue weighted by molar-refractivity contribution is 6.91. The molecule has 0 aromatic carbocycles. The fraction of sp³-hybridized carbons (Fsp3) is 0.800.